The van der Waals surface area contributed by atoms with Crippen molar-refractivity contribution in [2.75, 3.05) is 10.6 Å². The topological polar surface area (TPSA) is 72.0 Å². The number of aryl methyl sites for hydroxylation is 1. The summed E-state index contributed by atoms with van der Waals surface area (Å²) in [5.41, 5.74) is 2.24. The minimum Gasteiger partial charge on any atom is -0.406 e. The number of ether oxygens (including phenoxy) is 1. The second kappa shape index (κ2) is 8.51. The number of thiazole rings is 1. The molecule has 0 saturated heterocycles. The van der Waals surface area contributed by atoms with E-state index in [1.807, 2.05) is 45.9 Å². The van der Waals surface area contributed by atoms with E-state index >= 15 is 0 Å². The highest BCUT2D eigenvalue weighted by atomic mass is 32.1. The lowest BCUT2D eigenvalue weighted by atomic mass is 10.1. The van der Waals surface area contributed by atoms with Crippen LogP contribution >= 0.6 is 11.3 Å². The number of anilines is 3. The molecule has 4 rings (SSSR count). The van der Waals surface area contributed by atoms with Crippen LogP contribution in [-0.2, 0) is 0 Å². The lowest BCUT2D eigenvalue weighted by Crippen LogP contribution is -2.27. The molecule has 0 aliphatic carbocycles. The van der Waals surface area contributed by atoms with Crippen LogP contribution in [0.25, 0.3) is 21.5 Å². The Bertz CT molecular complexity index is 1300. The number of aromatic nitrogens is 3. The molecular formula is C23H22F3N5OS. The molecule has 0 radical (unpaired) electrons. The van der Waals surface area contributed by atoms with Crippen LogP contribution in [0.5, 0.6) is 5.75 Å². The van der Waals surface area contributed by atoms with E-state index in [0.29, 0.717) is 23.0 Å². The number of halogens is 3. The highest BCUT2D eigenvalue weighted by Crippen LogP contribution is 2.31. The molecule has 0 aliphatic heterocycles. The zero-order valence-electron chi connectivity index (χ0n) is 18.4. The molecule has 2 N–H and O–H groups in total. The van der Waals surface area contributed by atoms with E-state index in [4.69, 9.17) is 0 Å². The van der Waals surface area contributed by atoms with E-state index in [2.05, 4.69) is 30.3 Å². The van der Waals surface area contributed by atoms with Crippen molar-refractivity contribution in [1.29, 1.82) is 0 Å². The van der Waals surface area contributed by atoms with Crippen LogP contribution in [0.1, 0.15) is 25.8 Å². The monoisotopic (exact) mass is 473 g/mol. The van der Waals surface area contributed by atoms with E-state index in [9.17, 15) is 13.2 Å². The summed E-state index contributed by atoms with van der Waals surface area (Å²) >= 11 is 1.61. The Hall–Kier alpha value is -3.40. The third-order valence-electron chi connectivity index (χ3n) is 4.34. The largest absolute Gasteiger partial charge is 0.573 e. The van der Waals surface area contributed by atoms with Crippen LogP contribution < -0.4 is 15.4 Å². The SMILES string of the molecule is Cc1nc2cc(Nc3cc(-c4cccc(OC(F)(F)F)c4)nc(NC(C)(C)C)n3)ccc2s1. The minimum atomic E-state index is -4.78. The minimum absolute atomic E-state index is 0.317. The number of benzene rings is 2. The van der Waals surface area contributed by atoms with Crippen molar-refractivity contribution in [1.82, 2.24) is 15.0 Å². The fourth-order valence-corrected chi connectivity index (χ4v) is 3.98. The molecule has 0 amide bonds. The maximum atomic E-state index is 12.7. The first-order valence-electron chi connectivity index (χ1n) is 10.1. The molecule has 2 heterocycles. The summed E-state index contributed by atoms with van der Waals surface area (Å²) in [6, 6.07) is 13.2. The van der Waals surface area contributed by atoms with Gasteiger partial charge in [-0.05, 0) is 58.0 Å². The number of hydrogen-bond acceptors (Lipinski definition) is 7. The van der Waals surface area contributed by atoms with Gasteiger partial charge in [0.15, 0.2) is 0 Å². The maximum Gasteiger partial charge on any atom is 0.573 e. The molecule has 4 aromatic rings. The molecule has 2 aromatic carbocycles. The molecule has 0 fully saturated rings. The fourth-order valence-electron chi connectivity index (χ4n) is 3.17. The molecule has 33 heavy (non-hydrogen) atoms. The van der Waals surface area contributed by atoms with Crippen molar-refractivity contribution in [3.63, 3.8) is 0 Å². The molecule has 6 nitrogen and oxygen atoms in total. The van der Waals surface area contributed by atoms with Crippen molar-refractivity contribution < 1.29 is 17.9 Å². The molecule has 0 bridgehead atoms. The summed E-state index contributed by atoms with van der Waals surface area (Å²) in [6.07, 6.45) is -4.78. The quantitative estimate of drug-likeness (QED) is 0.328. The second-order valence-electron chi connectivity index (χ2n) is 8.45. The number of fused-ring (bicyclic) bond motifs is 1. The molecule has 10 heteroatoms. The van der Waals surface area contributed by atoms with Gasteiger partial charge in [-0.1, -0.05) is 12.1 Å². The first-order chi connectivity index (χ1) is 15.4. The van der Waals surface area contributed by atoms with Crippen molar-refractivity contribution in [2.45, 2.75) is 39.6 Å². The van der Waals surface area contributed by atoms with Gasteiger partial charge in [0.05, 0.1) is 20.9 Å². The molecule has 0 atom stereocenters. The van der Waals surface area contributed by atoms with Crippen LogP contribution in [0.3, 0.4) is 0 Å². The number of alkyl halides is 3. The molecule has 0 aliphatic rings. The van der Waals surface area contributed by atoms with Crippen molar-refractivity contribution in [3.05, 3.63) is 53.5 Å². The first kappa shape index (κ1) is 22.8. The standard InChI is InChI=1S/C23H22F3N5OS/c1-13-27-18-11-15(8-9-19(18)33-13)28-20-12-17(29-21(30-20)31-22(2,3)4)14-6-5-7-16(10-14)32-23(24,25)26/h5-12H,1-4H3,(H2,28,29,30,31). The second-order valence-corrected chi connectivity index (χ2v) is 9.69. The number of hydrogen-bond donors (Lipinski definition) is 2. The Morgan fingerprint density at radius 3 is 2.45 bits per heavy atom. The van der Waals surface area contributed by atoms with E-state index in [1.54, 1.807) is 23.5 Å². The summed E-state index contributed by atoms with van der Waals surface area (Å²) in [5.74, 6) is 0.512. The van der Waals surface area contributed by atoms with Gasteiger partial charge in [0.1, 0.15) is 11.6 Å². The normalized spacial score (nSPS) is 12.1. The Kier molecular flexibility index (Phi) is 5.87. The predicted octanol–water partition coefficient (Wildman–Crippen LogP) is 6.91. The Balaban J connectivity index is 1.72. The predicted molar refractivity (Wildman–Crippen MR) is 125 cm³/mol. The van der Waals surface area contributed by atoms with Gasteiger partial charge in [0.25, 0.3) is 0 Å². The van der Waals surface area contributed by atoms with E-state index in [-0.39, 0.29) is 11.3 Å². The molecule has 0 saturated carbocycles. The van der Waals surface area contributed by atoms with Gasteiger partial charge in [0.2, 0.25) is 5.95 Å². The third kappa shape index (κ3) is 6.10. The summed E-state index contributed by atoms with van der Waals surface area (Å²) in [7, 11) is 0. The van der Waals surface area contributed by atoms with Crippen molar-refractivity contribution in [2.24, 2.45) is 0 Å². The molecule has 172 valence electrons. The number of rotatable bonds is 5. The Morgan fingerprint density at radius 2 is 1.73 bits per heavy atom. The number of nitrogens with one attached hydrogen (secondary N) is 2. The number of nitrogens with zero attached hydrogens (tertiary/aromatic N) is 3. The van der Waals surface area contributed by atoms with Crippen LogP contribution in [0.4, 0.5) is 30.6 Å². The first-order valence-corrected chi connectivity index (χ1v) is 10.9. The average molecular weight is 474 g/mol. The lowest BCUT2D eigenvalue weighted by Gasteiger charge is -2.21. The van der Waals surface area contributed by atoms with E-state index in [0.717, 1.165) is 20.9 Å². The van der Waals surface area contributed by atoms with Gasteiger partial charge in [-0.15, -0.1) is 24.5 Å². The zero-order valence-corrected chi connectivity index (χ0v) is 19.2. The smallest absolute Gasteiger partial charge is 0.406 e. The van der Waals surface area contributed by atoms with Crippen LogP contribution in [0, 0.1) is 6.92 Å². The lowest BCUT2D eigenvalue weighted by molar-refractivity contribution is -0.274. The Labute approximate surface area is 192 Å². The Morgan fingerprint density at radius 1 is 0.939 bits per heavy atom. The highest BCUT2D eigenvalue weighted by molar-refractivity contribution is 7.18. The van der Waals surface area contributed by atoms with Crippen LogP contribution in [-0.4, -0.2) is 26.9 Å². The van der Waals surface area contributed by atoms with Gasteiger partial charge >= 0.3 is 6.36 Å². The zero-order chi connectivity index (χ0) is 23.8. The van der Waals surface area contributed by atoms with Gasteiger partial charge in [-0.3, -0.25) is 0 Å². The van der Waals surface area contributed by atoms with Gasteiger partial charge in [-0.25, -0.2) is 9.97 Å². The molecule has 2 aromatic heterocycles. The summed E-state index contributed by atoms with van der Waals surface area (Å²) in [6.45, 7) is 7.85. The summed E-state index contributed by atoms with van der Waals surface area (Å²) in [4.78, 5) is 13.6. The maximum absolute atomic E-state index is 12.7. The molecular weight excluding hydrogens is 451 g/mol. The van der Waals surface area contributed by atoms with Crippen molar-refractivity contribution in [3.8, 4) is 17.0 Å². The summed E-state index contributed by atoms with van der Waals surface area (Å²) < 4.78 is 43.2. The average Bonchev–Trinajstić information content (AvgIpc) is 3.04. The molecule has 0 unspecified atom stereocenters. The van der Waals surface area contributed by atoms with Crippen LogP contribution in [0.2, 0.25) is 0 Å². The molecule has 0 spiro atoms. The third-order valence-corrected chi connectivity index (χ3v) is 5.30. The summed E-state index contributed by atoms with van der Waals surface area (Å²) in [5, 5.41) is 7.45. The van der Waals surface area contributed by atoms with Gasteiger partial charge < -0.3 is 15.4 Å². The van der Waals surface area contributed by atoms with Crippen LogP contribution in [0.15, 0.2) is 48.5 Å². The van der Waals surface area contributed by atoms with E-state index in [1.165, 1.54) is 18.2 Å². The fraction of sp³-hybridized carbons (Fsp3) is 0.261. The van der Waals surface area contributed by atoms with E-state index < -0.39 is 6.36 Å². The van der Waals surface area contributed by atoms with Gasteiger partial charge in [0, 0.05) is 22.9 Å². The van der Waals surface area contributed by atoms with Crippen molar-refractivity contribution >= 4 is 39.0 Å². The van der Waals surface area contributed by atoms with Gasteiger partial charge in [-0.2, -0.15) is 4.98 Å². The highest BCUT2D eigenvalue weighted by Gasteiger charge is 2.31.